The minimum absolute atomic E-state index is 0.0183. The molecule has 1 aromatic rings. The Morgan fingerprint density at radius 3 is 2.50 bits per heavy atom. The number of amides is 3. The Labute approximate surface area is 165 Å². The Morgan fingerprint density at radius 2 is 1.81 bits per heavy atom. The number of benzene rings is 1. The number of hydrazine groups is 1. The van der Waals surface area contributed by atoms with Gasteiger partial charge in [0.2, 0.25) is 5.91 Å². The molecule has 0 bridgehead atoms. The van der Waals surface area contributed by atoms with Gasteiger partial charge in [0, 0.05) is 10.4 Å². The monoisotopic (exact) mass is 445 g/mol. The maximum atomic E-state index is 11.9. The molecule has 0 aromatic heterocycles. The van der Waals surface area contributed by atoms with E-state index in [1.165, 1.54) is 0 Å². The van der Waals surface area contributed by atoms with Gasteiger partial charge in [0.25, 0.3) is 11.8 Å². The summed E-state index contributed by atoms with van der Waals surface area (Å²) in [6.07, 6.45) is 4.97. The van der Waals surface area contributed by atoms with E-state index in [0.717, 1.165) is 36.6 Å². The molecular formula is C17H21BrClN3O4. The zero-order valence-electron chi connectivity index (χ0n) is 14.1. The second kappa shape index (κ2) is 10.4. The molecule has 1 fully saturated rings. The highest BCUT2D eigenvalue weighted by atomic mass is 79.9. The molecule has 1 saturated carbocycles. The summed E-state index contributed by atoms with van der Waals surface area (Å²) in [7, 11) is 0. The van der Waals surface area contributed by atoms with Crippen molar-refractivity contribution in [3.63, 3.8) is 0 Å². The van der Waals surface area contributed by atoms with Gasteiger partial charge in [-0.2, -0.15) is 0 Å². The lowest BCUT2D eigenvalue weighted by atomic mass is 9.89. The number of hydrogen-bond donors (Lipinski definition) is 3. The van der Waals surface area contributed by atoms with E-state index in [-0.39, 0.29) is 25.0 Å². The number of halogens is 2. The molecular weight excluding hydrogens is 426 g/mol. The van der Waals surface area contributed by atoms with Crippen molar-refractivity contribution < 1.29 is 19.1 Å². The van der Waals surface area contributed by atoms with Gasteiger partial charge in [-0.05, 0) is 31.0 Å². The van der Waals surface area contributed by atoms with Gasteiger partial charge >= 0.3 is 0 Å². The minimum atomic E-state index is -0.545. The Morgan fingerprint density at radius 1 is 1.12 bits per heavy atom. The SMILES string of the molecule is O=C(CNC(=O)C1CCCCC1)NNC(=O)COc1ccc(Br)cc1Cl. The second-order valence-corrected chi connectivity index (χ2v) is 7.34. The number of ether oxygens (including phenoxy) is 1. The first kappa shape index (κ1) is 20.5. The van der Waals surface area contributed by atoms with E-state index in [4.69, 9.17) is 16.3 Å². The van der Waals surface area contributed by atoms with Crippen LogP contribution in [0.15, 0.2) is 22.7 Å². The van der Waals surface area contributed by atoms with E-state index in [0.29, 0.717) is 10.8 Å². The first-order valence-electron chi connectivity index (χ1n) is 8.39. The van der Waals surface area contributed by atoms with Crippen molar-refractivity contribution in [1.29, 1.82) is 0 Å². The highest BCUT2D eigenvalue weighted by molar-refractivity contribution is 9.10. The molecule has 3 amide bonds. The zero-order valence-corrected chi connectivity index (χ0v) is 16.5. The van der Waals surface area contributed by atoms with Crippen LogP contribution in [0.1, 0.15) is 32.1 Å². The smallest absolute Gasteiger partial charge is 0.276 e. The molecule has 0 spiro atoms. The third-order valence-corrected chi connectivity index (χ3v) is 4.78. The first-order chi connectivity index (χ1) is 12.5. The lowest BCUT2D eigenvalue weighted by Gasteiger charge is -2.20. The second-order valence-electron chi connectivity index (χ2n) is 6.01. The quantitative estimate of drug-likeness (QED) is 0.584. The van der Waals surface area contributed by atoms with Gasteiger partial charge in [0.1, 0.15) is 5.75 Å². The highest BCUT2D eigenvalue weighted by Crippen LogP contribution is 2.27. The van der Waals surface area contributed by atoms with Crippen LogP contribution in [0.3, 0.4) is 0 Å². The number of rotatable bonds is 6. The fraction of sp³-hybridized carbons (Fsp3) is 0.471. The van der Waals surface area contributed by atoms with Gasteiger partial charge in [-0.1, -0.05) is 46.8 Å². The third-order valence-electron chi connectivity index (χ3n) is 3.99. The van der Waals surface area contributed by atoms with Gasteiger partial charge < -0.3 is 10.1 Å². The van der Waals surface area contributed by atoms with Crippen LogP contribution >= 0.6 is 27.5 Å². The van der Waals surface area contributed by atoms with Crippen molar-refractivity contribution in [3.8, 4) is 5.75 Å². The topological polar surface area (TPSA) is 96.5 Å². The molecule has 9 heteroatoms. The maximum absolute atomic E-state index is 11.9. The predicted molar refractivity (Wildman–Crippen MR) is 101 cm³/mol. The van der Waals surface area contributed by atoms with Crippen LogP contribution < -0.4 is 20.9 Å². The van der Waals surface area contributed by atoms with Gasteiger partial charge in [0.15, 0.2) is 6.61 Å². The van der Waals surface area contributed by atoms with Crippen LogP contribution in [0.25, 0.3) is 0 Å². The van der Waals surface area contributed by atoms with E-state index in [9.17, 15) is 14.4 Å². The average Bonchev–Trinajstić information content (AvgIpc) is 2.64. The minimum Gasteiger partial charge on any atom is -0.482 e. The molecule has 1 aliphatic rings. The molecule has 3 N–H and O–H groups in total. The highest BCUT2D eigenvalue weighted by Gasteiger charge is 2.21. The lowest BCUT2D eigenvalue weighted by molar-refractivity contribution is -0.131. The molecule has 142 valence electrons. The molecule has 0 heterocycles. The molecule has 0 aliphatic heterocycles. The van der Waals surface area contributed by atoms with Crippen LogP contribution in [-0.2, 0) is 14.4 Å². The summed E-state index contributed by atoms with van der Waals surface area (Å²) in [5.41, 5.74) is 4.45. The summed E-state index contributed by atoms with van der Waals surface area (Å²) in [4.78, 5) is 35.3. The van der Waals surface area contributed by atoms with Crippen molar-refractivity contribution in [2.45, 2.75) is 32.1 Å². The molecule has 0 saturated heterocycles. The summed E-state index contributed by atoms with van der Waals surface area (Å²) in [6.45, 7) is -0.495. The largest absolute Gasteiger partial charge is 0.482 e. The molecule has 26 heavy (non-hydrogen) atoms. The third kappa shape index (κ3) is 6.84. The number of hydrogen-bond acceptors (Lipinski definition) is 4. The van der Waals surface area contributed by atoms with Gasteiger partial charge in [-0.3, -0.25) is 25.2 Å². The van der Waals surface area contributed by atoms with Gasteiger partial charge in [-0.25, -0.2) is 0 Å². The van der Waals surface area contributed by atoms with E-state index in [2.05, 4.69) is 32.1 Å². The summed E-state index contributed by atoms with van der Waals surface area (Å²) in [6, 6.07) is 5.00. The van der Waals surface area contributed by atoms with Crippen molar-refractivity contribution in [1.82, 2.24) is 16.2 Å². The summed E-state index contributed by atoms with van der Waals surface area (Å²) in [5, 5.41) is 2.95. The molecule has 0 radical (unpaired) electrons. The van der Waals surface area contributed by atoms with Crippen molar-refractivity contribution in [2.24, 2.45) is 5.92 Å². The average molecular weight is 447 g/mol. The maximum Gasteiger partial charge on any atom is 0.276 e. The number of carbonyl (C=O) groups excluding carboxylic acids is 3. The molecule has 0 unspecified atom stereocenters. The molecule has 1 aromatic carbocycles. The van der Waals surface area contributed by atoms with Crippen LogP contribution in [0.4, 0.5) is 0 Å². The standard InChI is InChI=1S/C17H21BrClN3O4/c18-12-6-7-14(13(19)8-12)26-10-16(24)22-21-15(23)9-20-17(25)11-4-2-1-3-5-11/h6-8,11H,1-5,9-10H2,(H,20,25)(H,21,23)(H,22,24). The summed E-state index contributed by atoms with van der Waals surface area (Å²) >= 11 is 9.25. The van der Waals surface area contributed by atoms with Crippen molar-refractivity contribution in [3.05, 3.63) is 27.7 Å². The normalized spacial score (nSPS) is 14.4. The van der Waals surface area contributed by atoms with Crippen LogP contribution in [-0.4, -0.2) is 30.9 Å². The summed E-state index contributed by atoms with van der Waals surface area (Å²) in [5.74, 6) is -0.828. The zero-order chi connectivity index (χ0) is 18.9. The van der Waals surface area contributed by atoms with Crippen molar-refractivity contribution >= 4 is 45.3 Å². The Balaban J connectivity index is 1.63. The Kier molecular flexibility index (Phi) is 8.18. The molecule has 2 rings (SSSR count). The fourth-order valence-corrected chi connectivity index (χ4v) is 3.36. The van der Waals surface area contributed by atoms with E-state index in [1.807, 2.05) is 0 Å². The van der Waals surface area contributed by atoms with Gasteiger partial charge in [-0.15, -0.1) is 0 Å². The van der Waals surface area contributed by atoms with Crippen LogP contribution in [0, 0.1) is 5.92 Å². The van der Waals surface area contributed by atoms with E-state index in [1.54, 1.807) is 18.2 Å². The van der Waals surface area contributed by atoms with Crippen molar-refractivity contribution in [2.75, 3.05) is 13.2 Å². The predicted octanol–water partition coefficient (Wildman–Crippen LogP) is 2.33. The van der Waals surface area contributed by atoms with E-state index >= 15 is 0 Å². The Hall–Kier alpha value is -1.80. The fourth-order valence-electron chi connectivity index (χ4n) is 2.63. The van der Waals surface area contributed by atoms with Crippen LogP contribution in [0.5, 0.6) is 5.75 Å². The first-order valence-corrected chi connectivity index (χ1v) is 9.56. The number of carbonyl (C=O) groups is 3. The van der Waals surface area contributed by atoms with Crippen LogP contribution in [0.2, 0.25) is 5.02 Å². The molecule has 1 aliphatic carbocycles. The summed E-state index contributed by atoms with van der Waals surface area (Å²) < 4.78 is 6.07. The van der Waals surface area contributed by atoms with Gasteiger partial charge in [0.05, 0.1) is 11.6 Å². The number of nitrogens with one attached hydrogen (secondary N) is 3. The Bertz CT molecular complexity index is 665. The van der Waals surface area contributed by atoms with E-state index < -0.39 is 11.8 Å². The lowest BCUT2D eigenvalue weighted by Crippen LogP contribution is -2.48. The molecule has 0 atom stereocenters. The molecule has 7 nitrogen and oxygen atoms in total.